The third-order valence-corrected chi connectivity index (χ3v) is 2.95. The van der Waals surface area contributed by atoms with E-state index in [9.17, 15) is 4.79 Å². The molecule has 2 aromatic rings. The fraction of sp³-hybridized carbons (Fsp3) is 0.273. The Morgan fingerprint density at radius 3 is 3.00 bits per heavy atom. The highest BCUT2D eigenvalue weighted by atomic mass is 32.2. The Labute approximate surface area is 92.5 Å². The van der Waals surface area contributed by atoms with Gasteiger partial charge in [0.15, 0.2) is 5.16 Å². The number of nitrogens with zero attached hydrogens (tertiary/aromatic N) is 2. The summed E-state index contributed by atoms with van der Waals surface area (Å²) < 4.78 is 2.09. The van der Waals surface area contributed by atoms with Crippen LogP contribution in [0.25, 0.3) is 11.0 Å². The molecular weight excluding hydrogens is 208 g/mol. The van der Waals surface area contributed by atoms with E-state index < -0.39 is 0 Å². The molecule has 4 heteroatoms. The molecule has 3 nitrogen and oxygen atoms in total. The Hall–Kier alpha value is -1.29. The van der Waals surface area contributed by atoms with Gasteiger partial charge in [0, 0.05) is 13.0 Å². The third-order valence-electron chi connectivity index (χ3n) is 2.27. The first-order valence-corrected chi connectivity index (χ1v) is 6.02. The van der Waals surface area contributed by atoms with Gasteiger partial charge in [0.1, 0.15) is 6.29 Å². The minimum Gasteiger partial charge on any atom is -0.319 e. The summed E-state index contributed by atoms with van der Waals surface area (Å²) in [5.74, 6) is 0. The van der Waals surface area contributed by atoms with Gasteiger partial charge in [-0.25, -0.2) is 4.98 Å². The van der Waals surface area contributed by atoms with E-state index in [0.29, 0.717) is 13.0 Å². The Balaban J connectivity index is 2.51. The van der Waals surface area contributed by atoms with E-state index in [1.807, 2.05) is 30.5 Å². The molecule has 0 atom stereocenters. The predicted octanol–water partition coefficient (Wildman–Crippen LogP) is 2.35. The van der Waals surface area contributed by atoms with Crippen molar-refractivity contribution >= 4 is 29.1 Å². The van der Waals surface area contributed by atoms with Gasteiger partial charge < -0.3 is 9.36 Å². The Kier molecular flexibility index (Phi) is 3.06. The molecule has 1 aromatic carbocycles. The topological polar surface area (TPSA) is 34.9 Å². The molecule has 0 spiro atoms. The number of hydrogen-bond donors (Lipinski definition) is 0. The van der Waals surface area contributed by atoms with Gasteiger partial charge >= 0.3 is 0 Å². The van der Waals surface area contributed by atoms with Gasteiger partial charge in [-0.3, -0.25) is 0 Å². The van der Waals surface area contributed by atoms with Crippen molar-refractivity contribution < 1.29 is 4.79 Å². The van der Waals surface area contributed by atoms with E-state index in [0.717, 1.165) is 22.5 Å². The largest absolute Gasteiger partial charge is 0.319 e. The van der Waals surface area contributed by atoms with E-state index >= 15 is 0 Å². The second kappa shape index (κ2) is 4.49. The summed E-state index contributed by atoms with van der Waals surface area (Å²) in [6.07, 6.45) is 3.48. The molecule has 1 heterocycles. The van der Waals surface area contributed by atoms with Crippen molar-refractivity contribution in [1.29, 1.82) is 0 Å². The van der Waals surface area contributed by atoms with Crippen LogP contribution in [0.15, 0.2) is 29.4 Å². The van der Waals surface area contributed by atoms with Gasteiger partial charge in [0.2, 0.25) is 0 Å². The third kappa shape index (κ3) is 1.90. The molecule has 15 heavy (non-hydrogen) atoms. The Morgan fingerprint density at radius 1 is 1.47 bits per heavy atom. The summed E-state index contributed by atoms with van der Waals surface area (Å²) in [6.45, 7) is 0.709. The SMILES string of the molecule is CSc1nc2ccccc2n1CCC=O. The normalized spacial score (nSPS) is 10.7. The molecule has 0 saturated carbocycles. The highest BCUT2D eigenvalue weighted by Gasteiger charge is 2.08. The average molecular weight is 220 g/mol. The molecule has 0 saturated heterocycles. The molecule has 0 N–H and O–H groups in total. The monoisotopic (exact) mass is 220 g/mol. The van der Waals surface area contributed by atoms with Crippen molar-refractivity contribution in [3.63, 3.8) is 0 Å². The number of thioether (sulfide) groups is 1. The number of fused-ring (bicyclic) bond motifs is 1. The molecule has 0 fully saturated rings. The number of carbonyl (C=O) groups excluding carboxylic acids is 1. The Bertz CT molecular complexity index is 478. The van der Waals surface area contributed by atoms with Crippen LogP contribution in [0.1, 0.15) is 6.42 Å². The van der Waals surface area contributed by atoms with Crippen molar-refractivity contribution in [2.24, 2.45) is 0 Å². The predicted molar refractivity (Wildman–Crippen MR) is 62.2 cm³/mol. The molecule has 0 aliphatic rings. The lowest BCUT2D eigenvalue weighted by Gasteiger charge is -2.03. The lowest BCUT2D eigenvalue weighted by atomic mass is 10.3. The van der Waals surface area contributed by atoms with Crippen molar-refractivity contribution in [2.75, 3.05) is 6.26 Å². The maximum Gasteiger partial charge on any atom is 0.168 e. The quantitative estimate of drug-likeness (QED) is 0.586. The highest BCUT2D eigenvalue weighted by Crippen LogP contribution is 2.22. The summed E-state index contributed by atoms with van der Waals surface area (Å²) in [5, 5.41) is 0.970. The fourth-order valence-corrected chi connectivity index (χ4v) is 2.21. The molecular formula is C11H12N2OS. The van der Waals surface area contributed by atoms with Gasteiger partial charge in [-0.1, -0.05) is 23.9 Å². The van der Waals surface area contributed by atoms with Gasteiger partial charge in [0.05, 0.1) is 11.0 Å². The molecule has 1 aromatic heterocycles. The van der Waals surface area contributed by atoms with E-state index in [1.165, 1.54) is 0 Å². The van der Waals surface area contributed by atoms with Crippen LogP contribution in [0.2, 0.25) is 0 Å². The summed E-state index contributed by atoms with van der Waals surface area (Å²) in [6, 6.07) is 7.99. The van der Waals surface area contributed by atoms with E-state index in [1.54, 1.807) is 11.8 Å². The smallest absolute Gasteiger partial charge is 0.168 e. The number of carbonyl (C=O) groups is 1. The number of imidazole rings is 1. The minimum atomic E-state index is 0.536. The number of hydrogen-bond acceptors (Lipinski definition) is 3. The number of para-hydroxylation sites is 2. The van der Waals surface area contributed by atoms with Crippen LogP contribution in [0.3, 0.4) is 0 Å². The van der Waals surface area contributed by atoms with Crippen LogP contribution in [-0.4, -0.2) is 22.1 Å². The standard InChI is InChI=1S/C11H12N2OS/c1-15-11-12-9-5-2-3-6-10(9)13(11)7-4-8-14/h2-3,5-6,8H,4,7H2,1H3. The molecule has 78 valence electrons. The summed E-state index contributed by atoms with van der Waals surface area (Å²) in [4.78, 5) is 14.9. The zero-order chi connectivity index (χ0) is 10.7. The average Bonchev–Trinajstić information content (AvgIpc) is 2.64. The maximum absolute atomic E-state index is 10.4. The summed E-state index contributed by atoms with van der Waals surface area (Å²) in [5.41, 5.74) is 2.09. The number of benzene rings is 1. The van der Waals surface area contributed by atoms with Gasteiger partial charge in [-0.2, -0.15) is 0 Å². The molecule has 0 amide bonds. The highest BCUT2D eigenvalue weighted by molar-refractivity contribution is 7.98. The van der Waals surface area contributed by atoms with Crippen LogP contribution < -0.4 is 0 Å². The van der Waals surface area contributed by atoms with Gasteiger partial charge in [-0.05, 0) is 18.4 Å². The van der Waals surface area contributed by atoms with Crippen LogP contribution in [0.4, 0.5) is 0 Å². The van der Waals surface area contributed by atoms with Gasteiger partial charge in [0.25, 0.3) is 0 Å². The van der Waals surface area contributed by atoms with E-state index in [4.69, 9.17) is 0 Å². The lowest BCUT2D eigenvalue weighted by Crippen LogP contribution is -1.99. The Morgan fingerprint density at radius 2 is 2.27 bits per heavy atom. The molecule has 0 bridgehead atoms. The first-order valence-electron chi connectivity index (χ1n) is 4.79. The molecule has 0 radical (unpaired) electrons. The summed E-state index contributed by atoms with van der Waals surface area (Å²) >= 11 is 1.61. The van der Waals surface area contributed by atoms with Crippen LogP contribution >= 0.6 is 11.8 Å². The number of aldehydes is 1. The second-order valence-corrected chi connectivity index (χ2v) is 3.97. The van der Waals surface area contributed by atoms with Crippen LogP contribution in [0, 0.1) is 0 Å². The van der Waals surface area contributed by atoms with Crippen molar-refractivity contribution in [3.8, 4) is 0 Å². The lowest BCUT2D eigenvalue weighted by molar-refractivity contribution is -0.108. The first-order chi connectivity index (χ1) is 7.36. The fourth-order valence-electron chi connectivity index (χ4n) is 1.61. The summed E-state index contributed by atoms with van der Waals surface area (Å²) in [7, 11) is 0. The van der Waals surface area contributed by atoms with E-state index in [-0.39, 0.29) is 0 Å². The van der Waals surface area contributed by atoms with Crippen molar-refractivity contribution in [1.82, 2.24) is 9.55 Å². The van der Waals surface area contributed by atoms with Crippen molar-refractivity contribution in [3.05, 3.63) is 24.3 Å². The second-order valence-electron chi connectivity index (χ2n) is 3.19. The molecule has 2 rings (SSSR count). The van der Waals surface area contributed by atoms with Crippen LogP contribution in [-0.2, 0) is 11.3 Å². The number of aromatic nitrogens is 2. The molecule has 0 unspecified atom stereocenters. The first kappa shape index (κ1) is 10.2. The zero-order valence-electron chi connectivity index (χ0n) is 8.51. The minimum absolute atomic E-state index is 0.536. The number of rotatable bonds is 4. The van der Waals surface area contributed by atoms with Crippen molar-refractivity contribution in [2.45, 2.75) is 18.1 Å². The molecule has 0 aliphatic carbocycles. The van der Waals surface area contributed by atoms with Crippen LogP contribution in [0.5, 0.6) is 0 Å². The zero-order valence-corrected chi connectivity index (χ0v) is 9.33. The van der Waals surface area contributed by atoms with Gasteiger partial charge in [-0.15, -0.1) is 0 Å². The maximum atomic E-state index is 10.4. The number of aryl methyl sites for hydroxylation is 1. The molecule has 0 aliphatic heterocycles. The van der Waals surface area contributed by atoms with E-state index in [2.05, 4.69) is 9.55 Å².